The molecule has 0 aliphatic carbocycles. The molecule has 1 heterocycles. The van der Waals surface area contributed by atoms with Crippen LogP contribution in [0.15, 0.2) is 28.9 Å². The second-order valence-corrected chi connectivity index (χ2v) is 5.43. The lowest BCUT2D eigenvalue weighted by Gasteiger charge is -2.08. The van der Waals surface area contributed by atoms with E-state index in [1.807, 2.05) is 36.1 Å². The quantitative estimate of drug-likeness (QED) is 0.919. The Morgan fingerprint density at radius 2 is 2.22 bits per heavy atom. The maximum atomic E-state index is 6.16. The zero-order chi connectivity index (χ0) is 13.1. The van der Waals surface area contributed by atoms with Gasteiger partial charge in [0.1, 0.15) is 0 Å². The van der Waals surface area contributed by atoms with Crippen LogP contribution in [0.3, 0.4) is 0 Å². The van der Waals surface area contributed by atoms with Crippen LogP contribution in [-0.4, -0.2) is 9.78 Å². The Morgan fingerprint density at radius 3 is 2.89 bits per heavy atom. The molecule has 2 aromatic rings. The predicted octanol–water partition coefficient (Wildman–Crippen LogP) is 4.01. The first-order valence-corrected chi connectivity index (χ1v) is 6.97. The van der Waals surface area contributed by atoms with Crippen LogP contribution >= 0.6 is 27.5 Å². The molecular formula is C13H15BrClN3. The van der Waals surface area contributed by atoms with E-state index in [9.17, 15) is 0 Å². The Balaban J connectivity index is 2.11. The van der Waals surface area contributed by atoms with Crippen LogP contribution in [0.5, 0.6) is 0 Å². The van der Waals surface area contributed by atoms with E-state index in [1.54, 1.807) is 0 Å². The van der Waals surface area contributed by atoms with Gasteiger partial charge in [0.05, 0.1) is 16.4 Å². The van der Waals surface area contributed by atoms with Crippen molar-refractivity contribution < 1.29 is 0 Å². The molecule has 2 rings (SSSR count). The van der Waals surface area contributed by atoms with Crippen molar-refractivity contribution in [1.82, 2.24) is 9.78 Å². The summed E-state index contributed by atoms with van der Waals surface area (Å²) in [4.78, 5) is 0. The molecule has 1 N–H and O–H groups in total. The normalized spacial score (nSPS) is 10.7. The molecule has 0 radical (unpaired) electrons. The fourth-order valence-electron chi connectivity index (χ4n) is 1.85. The third-order valence-electron chi connectivity index (χ3n) is 2.73. The number of rotatable bonds is 4. The number of nitrogens with zero attached hydrogens (tertiary/aromatic N) is 2. The predicted molar refractivity (Wildman–Crippen MR) is 79.1 cm³/mol. The molecule has 1 aromatic heterocycles. The fourth-order valence-corrected chi connectivity index (χ4v) is 2.59. The highest BCUT2D eigenvalue weighted by molar-refractivity contribution is 9.10. The summed E-state index contributed by atoms with van der Waals surface area (Å²) in [5.41, 5.74) is 3.27. The zero-order valence-corrected chi connectivity index (χ0v) is 12.7. The van der Waals surface area contributed by atoms with Crippen LogP contribution in [-0.2, 0) is 20.0 Å². The van der Waals surface area contributed by atoms with Crippen molar-refractivity contribution >= 4 is 33.2 Å². The monoisotopic (exact) mass is 327 g/mol. The largest absolute Gasteiger partial charge is 0.380 e. The van der Waals surface area contributed by atoms with E-state index in [-0.39, 0.29) is 0 Å². The molecule has 0 aliphatic rings. The summed E-state index contributed by atoms with van der Waals surface area (Å²) in [6.07, 6.45) is 2.98. The minimum atomic E-state index is 0.714. The summed E-state index contributed by atoms with van der Waals surface area (Å²) in [6, 6.07) is 5.82. The molecular weight excluding hydrogens is 314 g/mol. The Kier molecular flexibility index (Phi) is 4.30. The molecule has 0 amide bonds. The lowest BCUT2D eigenvalue weighted by atomic mass is 10.2. The molecule has 0 aliphatic heterocycles. The van der Waals surface area contributed by atoms with E-state index < -0.39 is 0 Å². The average Bonchev–Trinajstić information content (AvgIpc) is 2.68. The van der Waals surface area contributed by atoms with E-state index >= 15 is 0 Å². The zero-order valence-electron chi connectivity index (χ0n) is 10.4. The molecule has 0 unspecified atom stereocenters. The lowest BCUT2D eigenvalue weighted by Crippen LogP contribution is -2.01. The molecule has 0 spiro atoms. The van der Waals surface area contributed by atoms with Crippen LogP contribution in [0.2, 0.25) is 5.02 Å². The van der Waals surface area contributed by atoms with Gasteiger partial charge in [0.25, 0.3) is 0 Å². The number of hydrogen-bond donors (Lipinski definition) is 1. The van der Waals surface area contributed by atoms with Gasteiger partial charge in [-0.05, 0) is 24.6 Å². The number of hydrogen-bond acceptors (Lipinski definition) is 2. The third-order valence-corrected chi connectivity index (χ3v) is 3.53. The van der Waals surface area contributed by atoms with Crippen molar-refractivity contribution in [3.63, 3.8) is 0 Å². The van der Waals surface area contributed by atoms with E-state index in [2.05, 4.69) is 33.3 Å². The van der Waals surface area contributed by atoms with Gasteiger partial charge in [0, 0.05) is 29.8 Å². The van der Waals surface area contributed by atoms with E-state index in [4.69, 9.17) is 11.6 Å². The van der Waals surface area contributed by atoms with E-state index in [1.165, 1.54) is 5.56 Å². The highest BCUT2D eigenvalue weighted by atomic mass is 79.9. The Labute approximate surface area is 120 Å². The van der Waals surface area contributed by atoms with Crippen molar-refractivity contribution in [2.75, 3.05) is 5.32 Å². The van der Waals surface area contributed by atoms with E-state index in [0.29, 0.717) is 5.02 Å². The van der Waals surface area contributed by atoms with Gasteiger partial charge >= 0.3 is 0 Å². The summed E-state index contributed by atoms with van der Waals surface area (Å²) in [5, 5.41) is 8.47. The lowest BCUT2D eigenvalue weighted by molar-refractivity contribution is 0.746. The van der Waals surface area contributed by atoms with Crippen molar-refractivity contribution in [2.24, 2.45) is 7.05 Å². The van der Waals surface area contributed by atoms with Gasteiger partial charge in [-0.2, -0.15) is 5.10 Å². The Morgan fingerprint density at radius 1 is 1.44 bits per heavy atom. The first-order chi connectivity index (χ1) is 8.60. The van der Waals surface area contributed by atoms with Crippen LogP contribution in [0, 0.1) is 0 Å². The van der Waals surface area contributed by atoms with Crippen LogP contribution in [0.1, 0.15) is 18.2 Å². The molecule has 0 saturated heterocycles. The summed E-state index contributed by atoms with van der Waals surface area (Å²) < 4.78 is 2.83. The van der Waals surface area contributed by atoms with Gasteiger partial charge in [0.15, 0.2) is 0 Å². The second kappa shape index (κ2) is 5.76. The summed E-state index contributed by atoms with van der Waals surface area (Å²) in [7, 11) is 1.94. The first kappa shape index (κ1) is 13.4. The molecule has 0 fully saturated rings. The molecule has 0 bridgehead atoms. The SMILES string of the molecule is CCc1nn(C)cc1CNc1ccc(Br)cc1Cl. The van der Waals surface area contributed by atoms with Gasteiger partial charge in [-0.1, -0.05) is 34.5 Å². The maximum Gasteiger partial charge on any atom is 0.0671 e. The Bertz CT molecular complexity index is 551. The number of aryl methyl sites for hydroxylation is 2. The minimum absolute atomic E-state index is 0.714. The van der Waals surface area contributed by atoms with Crippen LogP contribution < -0.4 is 5.32 Å². The van der Waals surface area contributed by atoms with Crippen molar-refractivity contribution in [2.45, 2.75) is 19.9 Å². The van der Waals surface area contributed by atoms with Gasteiger partial charge in [-0.25, -0.2) is 0 Å². The molecule has 0 saturated carbocycles. The van der Waals surface area contributed by atoms with Gasteiger partial charge < -0.3 is 5.32 Å². The number of anilines is 1. The molecule has 1 aromatic carbocycles. The summed E-state index contributed by atoms with van der Waals surface area (Å²) in [6.45, 7) is 2.84. The molecule has 3 nitrogen and oxygen atoms in total. The average molecular weight is 329 g/mol. The van der Waals surface area contributed by atoms with Crippen LogP contribution in [0.4, 0.5) is 5.69 Å². The van der Waals surface area contributed by atoms with Crippen molar-refractivity contribution in [3.8, 4) is 0 Å². The van der Waals surface area contributed by atoms with E-state index in [0.717, 1.165) is 28.8 Å². The Hall–Kier alpha value is -1.000. The third kappa shape index (κ3) is 3.06. The standard InChI is InChI=1S/C13H15BrClN3/c1-3-12-9(8-18(2)17-12)7-16-13-5-4-10(14)6-11(13)15/h4-6,8,16H,3,7H2,1-2H3. The number of benzene rings is 1. The molecule has 96 valence electrons. The summed E-state index contributed by atoms with van der Waals surface area (Å²) >= 11 is 9.55. The minimum Gasteiger partial charge on any atom is -0.380 e. The molecule has 5 heteroatoms. The van der Waals surface area contributed by atoms with Gasteiger partial charge in [-0.15, -0.1) is 0 Å². The van der Waals surface area contributed by atoms with Crippen LogP contribution in [0.25, 0.3) is 0 Å². The fraction of sp³-hybridized carbons (Fsp3) is 0.308. The number of nitrogens with one attached hydrogen (secondary N) is 1. The highest BCUT2D eigenvalue weighted by Crippen LogP contribution is 2.26. The molecule has 18 heavy (non-hydrogen) atoms. The number of halogens is 2. The summed E-state index contributed by atoms with van der Waals surface area (Å²) in [5.74, 6) is 0. The first-order valence-electron chi connectivity index (χ1n) is 5.80. The number of aromatic nitrogens is 2. The highest BCUT2D eigenvalue weighted by Gasteiger charge is 2.06. The van der Waals surface area contributed by atoms with Gasteiger partial charge in [-0.3, -0.25) is 4.68 Å². The second-order valence-electron chi connectivity index (χ2n) is 4.11. The topological polar surface area (TPSA) is 29.9 Å². The molecule has 0 atom stereocenters. The van der Waals surface area contributed by atoms with Gasteiger partial charge in [0.2, 0.25) is 0 Å². The smallest absolute Gasteiger partial charge is 0.0671 e. The maximum absolute atomic E-state index is 6.16. The van der Waals surface area contributed by atoms with Crippen molar-refractivity contribution in [1.29, 1.82) is 0 Å². The van der Waals surface area contributed by atoms with Crippen molar-refractivity contribution in [3.05, 3.63) is 45.1 Å².